The molecule has 0 fully saturated rings. The average Bonchev–Trinajstić information content (AvgIpc) is 2.94. The summed E-state index contributed by atoms with van der Waals surface area (Å²) in [6, 6.07) is 15.4. The Labute approximate surface area is 143 Å². The fourth-order valence-electron chi connectivity index (χ4n) is 2.75. The van der Waals surface area contributed by atoms with E-state index in [4.69, 9.17) is 5.73 Å². The summed E-state index contributed by atoms with van der Waals surface area (Å²) in [5, 5.41) is 0. The average molecular weight is 332 g/mol. The van der Waals surface area contributed by atoms with Gasteiger partial charge in [-0.3, -0.25) is 9.55 Å². The van der Waals surface area contributed by atoms with Crippen LogP contribution < -0.4 is 11.4 Å². The largest absolute Gasteiger partial charge is 0.382 e. The molecule has 0 saturated carbocycles. The smallest absolute Gasteiger partial charge is 0.328 e. The summed E-state index contributed by atoms with van der Waals surface area (Å²) in [6.45, 7) is 0.416. The fourth-order valence-corrected chi connectivity index (χ4v) is 2.75. The van der Waals surface area contributed by atoms with Gasteiger partial charge in [-0.25, -0.2) is 14.8 Å². The van der Waals surface area contributed by atoms with Gasteiger partial charge >= 0.3 is 5.69 Å². The summed E-state index contributed by atoms with van der Waals surface area (Å²) in [6.07, 6.45) is 2.17. The summed E-state index contributed by atoms with van der Waals surface area (Å²) in [5.41, 5.74) is 8.60. The molecule has 25 heavy (non-hydrogen) atoms. The van der Waals surface area contributed by atoms with Crippen molar-refractivity contribution in [1.82, 2.24) is 24.5 Å². The molecule has 0 bridgehead atoms. The van der Waals surface area contributed by atoms with Gasteiger partial charge in [0.25, 0.3) is 0 Å². The SMILES string of the molecule is Nc1nc(Cc2ccccn2)nc2c1[nH]c(=O)n2Cc1ccccc1. The van der Waals surface area contributed by atoms with E-state index in [-0.39, 0.29) is 11.5 Å². The number of nitrogens with zero attached hydrogens (tertiary/aromatic N) is 4. The van der Waals surface area contributed by atoms with Crippen molar-refractivity contribution in [2.75, 3.05) is 5.73 Å². The number of imidazole rings is 1. The predicted molar refractivity (Wildman–Crippen MR) is 95.1 cm³/mol. The highest BCUT2D eigenvalue weighted by Crippen LogP contribution is 2.16. The number of nitrogen functional groups attached to an aromatic ring is 1. The number of rotatable bonds is 4. The molecule has 1 aromatic carbocycles. The van der Waals surface area contributed by atoms with Gasteiger partial charge in [-0.05, 0) is 17.7 Å². The van der Waals surface area contributed by atoms with Crippen molar-refractivity contribution < 1.29 is 0 Å². The van der Waals surface area contributed by atoms with E-state index in [1.165, 1.54) is 0 Å². The number of anilines is 1. The monoisotopic (exact) mass is 332 g/mol. The molecule has 7 heteroatoms. The van der Waals surface area contributed by atoms with Crippen LogP contribution in [0.15, 0.2) is 59.5 Å². The number of nitrogens with one attached hydrogen (secondary N) is 1. The van der Waals surface area contributed by atoms with E-state index in [1.54, 1.807) is 10.8 Å². The topological polar surface area (TPSA) is 102 Å². The third-order valence-electron chi connectivity index (χ3n) is 3.95. The molecule has 0 radical (unpaired) electrons. The van der Waals surface area contributed by atoms with Gasteiger partial charge in [-0.15, -0.1) is 0 Å². The van der Waals surface area contributed by atoms with E-state index in [0.717, 1.165) is 11.3 Å². The van der Waals surface area contributed by atoms with Crippen LogP contribution in [0.25, 0.3) is 11.2 Å². The first-order valence-corrected chi connectivity index (χ1v) is 7.89. The molecule has 0 saturated heterocycles. The molecule has 0 aliphatic carbocycles. The van der Waals surface area contributed by atoms with Crippen LogP contribution in [-0.4, -0.2) is 24.5 Å². The number of nitrogens with two attached hydrogens (primary N) is 1. The zero-order valence-electron chi connectivity index (χ0n) is 13.4. The predicted octanol–water partition coefficient (Wildman–Crippen LogP) is 1.74. The Kier molecular flexibility index (Phi) is 3.74. The highest BCUT2D eigenvalue weighted by atomic mass is 16.1. The summed E-state index contributed by atoms with van der Waals surface area (Å²) >= 11 is 0. The second-order valence-electron chi connectivity index (χ2n) is 5.72. The summed E-state index contributed by atoms with van der Waals surface area (Å²) in [5.74, 6) is 0.796. The quantitative estimate of drug-likeness (QED) is 0.592. The molecule has 3 heterocycles. The normalized spacial score (nSPS) is 11.0. The van der Waals surface area contributed by atoms with Crippen molar-refractivity contribution in [3.8, 4) is 0 Å². The van der Waals surface area contributed by atoms with E-state index in [1.807, 2.05) is 48.5 Å². The van der Waals surface area contributed by atoms with Gasteiger partial charge in [0.1, 0.15) is 11.3 Å². The van der Waals surface area contributed by atoms with Crippen molar-refractivity contribution in [2.45, 2.75) is 13.0 Å². The third kappa shape index (κ3) is 2.99. The lowest BCUT2D eigenvalue weighted by Crippen LogP contribution is -2.17. The number of fused-ring (bicyclic) bond motifs is 1. The zero-order chi connectivity index (χ0) is 17.2. The molecule has 3 N–H and O–H groups in total. The van der Waals surface area contributed by atoms with Gasteiger partial charge in [0.15, 0.2) is 11.5 Å². The van der Waals surface area contributed by atoms with Crippen LogP contribution in [0, 0.1) is 0 Å². The van der Waals surface area contributed by atoms with E-state index in [2.05, 4.69) is 19.9 Å². The van der Waals surface area contributed by atoms with Crippen molar-refractivity contribution in [3.05, 3.63) is 82.3 Å². The number of hydrogen-bond acceptors (Lipinski definition) is 5. The molecule has 124 valence electrons. The minimum absolute atomic E-state index is 0.255. The van der Waals surface area contributed by atoms with Crippen molar-refractivity contribution in [1.29, 1.82) is 0 Å². The van der Waals surface area contributed by atoms with Crippen LogP contribution >= 0.6 is 0 Å². The molecule has 0 atom stereocenters. The number of benzene rings is 1. The maximum Gasteiger partial charge on any atom is 0.328 e. The lowest BCUT2D eigenvalue weighted by atomic mass is 10.2. The lowest BCUT2D eigenvalue weighted by molar-refractivity contribution is 0.773. The highest BCUT2D eigenvalue weighted by molar-refractivity contribution is 5.81. The maximum absolute atomic E-state index is 12.3. The van der Waals surface area contributed by atoms with Crippen LogP contribution in [0.1, 0.15) is 17.1 Å². The van der Waals surface area contributed by atoms with Gasteiger partial charge in [-0.1, -0.05) is 36.4 Å². The Hall–Kier alpha value is -3.48. The van der Waals surface area contributed by atoms with Crippen LogP contribution in [-0.2, 0) is 13.0 Å². The van der Waals surface area contributed by atoms with Crippen LogP contribution in [0.2, 0.25) is 0 Å². The number of H-pyrrole nitrogens is 1. The highest BCUT2D eigenvalue weighted by Gasteiger charge is 2.14. The summed E-state index contributed by atoms with van der Waals surface area (Å²) in [7, 11) is 0. The van der Waals surface area contributed by atoms with Gasteiger partial charge in [0.2, 0.25) is 0 Å². The van der Waals surface area contributed by atoms with E-state index >= 15 is 0 Å². The molecule has 0 aliphatic rings. The minimum Gasteiger partial charge on any atom is -0.382 e. The van der Waals surface area contributed by atoms with Gasteiger partial charge in [-0.2, -0.15) is 0 Å². The van der Waals surface area contributed by atoms with Gasteiger partial charge in [0.05, 0.1) is 13.0 Å². The Morgan fingerprint density at radius 1 is 1.04 bits per heavy atom. The first-order valence-electron chi connectivity index (χ1n) is 7.89. The molecule has 4 rings (SSSR count). The standard InChI is InChI=1S/C18H16N6O/c19-16-15-17(22-14(21-16)10-13-8-4-5-9-20-13)24(18(25)23-15)11-12-6-2-1-3-7-12/h1-9H,10-11H2,(H,23,25)(H2,19,21,22). The Morgan fingerprint density at radius 3 is 2.60 bits per heavy atom. The van der Waals surface area contributed by atoms with Crippen molar-refractivity contribution in [3.63, 3.8) is 0 Å². The number of pyridine rings is 1. The minimum atomic E-state index is -0.255. The number of aromatic amines is 1. The lowest BCUT2D eigenvalue weighted by Gasteiger charge is -2.06. The van der Waals surface area contributed by atoms with E-state index in [9.17, 15) is 4.79 Å². The molecule has 7 nitrogen and oxygen atoms in total. The van der Waals surface area contributed by atoms with Crippen LogP contribution in [0.3, 0.4) is 0 Å². The number of hydrogen-bond donors (Lipinski definition) is 2. The van der Waals surface area contributed by atoms with Gasteiger partial charge < -0.3 is 10.7 Å². The van der Waals surface area contributed by atoms with Crippen molar-refractivity contribution in [2.24, 2.45) is 0 Å². The Morgan fingerprint density at radius 2 is 1.84 bits per heavy atom. The number of aromatic nitrogens is 5. The van der Waals surface area contributed by atoms with Crippen LogP contribution in [0.5, 0.6) is 0 Å². The second kappa shape index (κ2) is 6.20. The second-order valence-corrected chi connectivity index (χ2v) is 5.72. The van der Waals surface area contributed by atoms with Gasteiger partial charge in [0, 0.05) is 11.9 Å². The molecule has 0 spiro atoms. The summed E-state index contributed by atoms with van der Waals surface area (Å²) in [4.78, 5) is 28.2. The molecule has 0 amide bonds. The van der Waals surface area contributed by atoms with Crippen molar-refractivity contribution >= 4 is 17.0 Å². The first kappa shape index (κ1) is 15.1. The van der Waals surface area contributed by atoms with Crippen LogP contribution in [0.4, 0.5) is 5.82 Å². The Bertz CT molecular complexity index is 1070. The molecule has 4 aromatic rings. The van der Waals surface area contributed by atoms with E-state index < -0.39 is 0 Å². The molecule has 0 unspecified atom stereocenters. The molecule has 3 aromatic heterocycles. The molecule has 0 aliphatic heterocycles. The summed E-state index contributed by atoms with van der Waals surface area (Å²) < 4.78 is 1.57. The van der Waals surface area contributed by atoms with E-state index in [0.29, 0.717) is 30.0 Å². The first-order chi connectivity index (χ1) is 12.2. The third-order valence-corrected chi connectivity index (χ3v) is 3.95. The maximum atomic E-state index is 12.3. The Balaban J connectivity index is 1.78. The fraction of sp³-hybridized carbons (Fsp3) is 0.111. The molecular weight excluding hydrogens is 316 g/mol. The zero-order valence-corrected chi connectivity index (χ0v) is 13.4. The molecular formula is C18H16N6O.